The van der Waals surface area contributed by atoms with E-state index in [1.807, 2.05) is 19.2 Å². The van der Waals surface area contributed by atoms with Gasteiger partial charge in [-0.15, -0.1) is 0 Å². The van der Waals surface area contributed by atoms with Gasteiger partial charge in [-0.3, -0.25) is 4.99 Å². The number of methoxy groups -OCH3 is 1. The molecule has 1 aliphatic rings. The highest BCUT2D eigenvalue weighted by Gasteiger charge is 2.23. The number of para-hydroxylation sites is 1. The van der Waals surface area contributed by atoms with Crippen LogP contribution in [0.1, 0.15) is 18.4 Å². The summed E-state index contributed by atoms with van der Waals surface area (Å²) in [7, 11) is 3.54. The maximum atomic E-state index is 5.28. The Hall–Kier alpha value is -2.69. The lowest BCUT2D eigenvalue weighted by Gasteiger charge is -2.20. The van der Waals surface area contributed by atoms with Crippen LogP contribution in [0.15, 0.2) is 59.6 Å². The first-order chi connectivity index (χ1) is 13.3. The van der Waals surface area contributed by atoms with Crippen molar-refractivity contribution < 1.29 is 4.74 Å². The van der Waals surface area contributed by atoms with Gasteiger partial charge >= 0.3 is 0 Å². The van der Waals surface area contributed by atoms with Crippen LogP contribution in [0.4, 0.5) is 5.69 Å². The third kappa shape index (κ3) is 5.64. The Balaban J connectivity index is 1.39. The van der Waals surface area contributed by atoms with Gasteiger partial charge in [0.2, 0.25) is 0 Å². The summed E-state index contributed by atoms with van der Waals surface area (Å²) in [6.07, 6.45) is 3.19. The molecule has 0 amide bonds. The first-order valence-corrected chi connectivity index (χ1v) is 9.68. The molecule has 5 nitrogen and oxygen atoms in total. The number of anilines is 1. The second-order valence-electron chi connectivity index (χ2n) is 6.87. The van der Waals surface area contributed by atoms with E-state index in [1.54, 1.807) is 7.11 Å². The predicted molar refractivity (Wildman–Crippen MR) is 113 cm³/mol. The number of aryl methyl sites for hydroxylation is 1. The molecule has 2 N–H and O–H groups in total. The fourth-order valence-corrected chi connectivity index (χ4v) is 3.47. The standard InChI is InChI=1S/C22H30N4O/c1-23-22(24-14-7-9-18-8-6-12-21(16-18)27-2)25-19-13-15-26(17-19)20-10-4-3-5-11-20/h3-6,8,10-12,16,19H,7,9,13-15,17H2,1-2H3,(H2,23,24,25). The molecule has 0 aromatic heterocycles. The zero-order chi connectivity index (χ0) is 18.9. The van der Waals surface area contributed by atoms with Crippen LogP contribution in [0.5, 0.6) is 5.75 Å². The van der Waals surface area contributed by atoms with Gasteiger partial charge < -0.3 is 20.3 Å². The predicted octanol–water partition coefficient (Wildman–Crippen LogP) is 3.07. The smallest absolute Gasteiger partial charge is 0.191 e. The van der Waals surface area contributed by atoms with Gasteiger partial charge in [0.25, 0.3) is 0 Å². The summed E-state index contributed by atoms with van der Waals surface area (Å²) < 4.78 is 5.28. The monoisotopic (exact) mass is 366 g/mol. The average molecular weight is 367 g/mol. The Kier molecular flexibility index (Phi) is 6.97. The van der Waals surface area contributed by atoms with E-state index in [9.17, 15) is 0 Å². The van der Waals surface area contributed by atoms with E-state index >= 15 is 0 Å². The van der Waals surface area contributed by atoms with E-state index in [4.69, 9.17) is 4.74 Å². The van der Waals surface area contributed by atoms with Crippen LogP contribution in [0.3, 0.4) is 0 Å². The topological polar surface area (TPSA) is 48.9 Å². The molecule has 144 valence electrons. The summed E-state index contributed by atoms with van der Waals surface area (Å²) in [4.78, 5) is 6.80. The maximum absolute atomic E-state index is 5.28. The summed E-state index contributed by atoms with van der Waals surface area (Å²) in [5, 5.41) is 7.00. The first-order valence-electron chi connectivity index (χ1n) is 9.68. The van der Waals surface area contributed by atoms with E-state index in [1.165, 1.54) is 11.3 Å². The number of rotatable bonds is 7. The highest BCUT2D eigenvalue weighted by atomic mass is 16.5. The van der Waals surface area contributed by atoms with Crippen LogP contribution in [-0.4, -0.2) is 45.8 Å². The third-order valence-corrected chi connectivity index (χ3v) is 4.94. The highest BCUT2D eigenvalue weighted by molar-refractivity contribution is 5.80. The zero-order valence-corrected chi connectivity index (χ0v) is 16.3. The van der Waals surface area contributed by atoms with Crippen LogP contribution in [0.25, 0.3) is 0 Å². The van der Waals surface area contributed by atoms with Crippen molar-refractivity contribution in [1.82, 2.24) is 10.6 Å². The van der Waals surface area contributed by atoms with Crippen LogP contribution in [0, 0.1) is 0 Å². The van der Waals surface area contributed by atoms with Crippen LogP contribution < -0.4 is 20.3 Å². The molecule has 1 heterocycles. The fraction of sp³-hybridized carbons (Fsp3) is 0.409. The number of guanidine groups is 1. The van der Waals surface area contributed by atoms with E-state index in [-0.39, 0.29) is 0 Å². The molecule has 2 aromatic rings. The number of nitrogens with zero attached hydrogens (tertiary/aromatic N) is 2. The van der Waals surface area contributed by atoms with Gasteiger partial charge in [0.15, 0.2) is 5.96 Å². The van der Waals surface area contributed by atoms with Crippen molar-refractivity contribution in [1.29, 1.82) is 0 Å². The Morgan fingerprint density at radius 2 is 2.04 bits per heavy atom. The molecule has 3 rings (SSSR count). The van der Waals surface area contributed by atoms with E-state index in [0.717, 1.165) is 50.6 Å². The normalized spacial score (nSPS) is 17.0. The van der Waals surface area contributed by atoms with Crippen LogP contribution >= 0.6 is 0 Å². The number of hydrogen-bond acceptors (Lipinski definition) is 3. The lowest BCUT2D eigenvalue weighted by Crippen LogP contribution is -2.44. The lowest BCUT2D eigenvalue weighted by molar-refractivity contribution is 0.414. The average Bonchev–Trinajstić information content (AvgIpc) is 3.19. The third-order valence-electron chi connectivity index (χ3n) is 4.94. The SMILES string of the molecule is CN=C(NCCCc1cccc(OC)c1)NC1CCN(c2ccccc2)C1. The van der Waals surface area contributed by atoms with Crippen LogP contribution in [0.2, 0.25) is 0 Å². The van der Waals surface area contributed by atoms with Gasteiger partial charge in [-0.05, 0) is 49.1 Å². The van der Waals surface area contributed by atoms with Gasteiger partial charge in [-0.25, -0.2) is 0 Å². The van der Waals surface area contributed by atoms with Gasteiger partial charge in [0.1, 0.15) is 5.75 Å². The van der Waals surface area contributed by atoms with Gasteiger partial charge in [0.05, 0.1) is 7.11 Å². The maximum Gasteiger partial charge on any atom is 0.191 e. The second kappa shape index (κ2) is 9.86. The quantitative estimate of drug-likeness (QED) is 0.449. The van der Waals surface area contributed by atoms with Crippen molar-refractivity contribution in [2.75, 3.05) is 38.7 Å². The Morgan fingerprint density at radius 1 is 1.19 bits per heavy atom. The summed E-state index contributed by atoms with van der Waals surface area (Å²) >= 11 is 0. The number of ether oxygens (including phenoxy) is 1. The van der Waals surface area contributed by atoms with Gasteiger partial charge in [0, 0.05) is 38.4 Å². The summed E-state index contributed by atoms with van der Waals surface area (Å²) in [5.41, 5.74) is 2.59. The summed E-state index contributed by atoms with van der Waals surface area (Å²) in [5.74, 6) is 1.81. The van der Waals surface area contributed by atoms with E-state index in [2.05, 4.69) is 63.0 Å². The Morgan fingerprint density at radius 3 is 2.81 bits per heavy atom. The molecule has 1 saturated heterocycles. The number of nitrogens with one attached hydrogen (secondary N) is 2. The van der Waals surface area contributed by atoms with E-state index in [0.29, 0.717) is 6.04 Å². The van der Waals surface area contributed by atoms with Crippen molar-refractivity contribution in [2.24, 2.45) is 4.99 Å². The van der Waals surface area contributed by atoms with Crippen molar-refractivity contribution in [3.8, 4) is 5.75 Å². The number of benzene rings is 2. The molecular weight excluding hydrogens is 336 g/mol. The largest absolute Gasteiger partial charge is 0.497 e. The minimum absolute atomic E-state index is 0.426. The highest BCUT2D eigenvalue weighted by Crippen LogP contribution is 2.19. The molecule has 0 bridgehead atoms. The molecule has 1 atom stereocenters. The molecule has 27 heavy (non-hydrogen) atoms. The molecule has 0 radical (unpaired) electrons. The number of aliphatic imine (C=N–C) groups is 1. The molecule has 0 saturated carbocycles. The Labute approximate surface area is 162 Å². The minimum atomic E-state index is 0.426. The number of hydrogen-bond donors (Lipinski definition) is 2. The van der Waals surface area contributed by atoms with Gasteiger partial charge in [-0.2, -0.15) is 0 Å². The zero-order valence-electron chi connectivity index (χ0n) is 16.3. The van der Waals surface area contributed by atoms with Crippen LogP contribution in [-0.2, 0) is 6.42 Å². The van der Waals surface area contributed by atoms with Gasteiger partial charge in [-0.1, -0.05) is 30.3 Å². The minimum Gasteiger partial charge on any atom is -0.497 e. The van der Waals surface area contributed by atoms with E-state index < -0.39 is 0 Å². The summed E-state index contributed by atoms with van der Waals surface area (Å²) in [6.45, 7) is 2.98. The molecular formula is C22H30N4O. The molecule has 0 spiro atoms. The molecule has 1 unspecified atom stereocenters. The van der Waals surface area contributed by atoms with Crippen molar-refractivity contribution in [2.45, 2.75) is 25.3 Å². The molecule has 1 fully saturated rings. The fourth-order valence-electron chi connectivity index (χ4n) is 3.47. The second-order valence-corrected chi connectivity index (χ2v) is 6.87. The van der Waals surface area contributed by atoms with Crippen molar-refractivity contribution >= 4 is 11.6 Å². The van der Waals surface area contributed by atoms with Crippen molar-refractivity contribution in [3.05, 3.63) is 60.2 Å². The molecule has 1 aliphatic heterocycles. The van der Waals surface area contributed by atoms with Crippen molar-refractivity contribution in [3.63, 3.8) is 0 Å². The molecule has 5 heteroatoms. The lowest BCUT2D eigenvalue weighted by atomic mass is 10.1. The molecule has 2 aromatic carbocycles. The molecule has 0 aliphatic carbocycles. The Bertz CT molecular complexity index is 732. The summed E-state index contributed by atoms with van der Waals surface area (Å²) in [6, 6.07) is 19.3. The first kappa shape index (κ1) is 19.1.